The lowest BCUT2D eigenvalue weighted by molar-refractivity contribution is 0.0939. The first-order chi connectivity index (χ1) is 9.60. The minimum absolute atomic E-state index is 0.0347. The van der Waals surface area contributed by atoms with E-state index >= 15 is 0 Å². The Morgan fingerprint density at radius 1 is 1.50 bits per heavy atom. The standard InChI is InChI=1S/C16H22N2OS/c1-12(9-11-20-3)18-16(19)15-8-4-6-14(13(15)2)7-5-10-17/h4,6,8,12H,9-11,17H2,1-3H3,(H,18,19). The van der Waals surface area contributed by atoms with Crippen LogP contribution in [0.15, 0.2) is 18.2 Å². The smallest absolute Gasteiger partial charge is 0.251 e. The molecule has 20 heavy (non-hydrogen) atoms. The molecule has 4 heteroatoms. The van der Waals surface area contributed by atoms with Gasteiger partial charge in [-0.15, -0.1) is 0 Å². The van der Waals surface area contributed by atoms with Crippen molar-refractivity contribution < 1.29 is 4.79 Å². The maximum absolute atomic E-state index is 12.3. The molecule has 108 valence electrons. The summed E-state index contributed by atoms with van der Waals surface area (Å²) in [5.74, 6) is 6.83. The van der Waals surface area contributed by atoms with E-state index in [0.29, 0.717) is 12.1 Å². The molecule has 1 unspecified atom stereocenters. The largest absolute Gasteiger partial charge is 0.350 e. The fraction of sp³-hybridized carbons (Fsp3) is 0.438. The predicted molar refractivity (Wildman–Crippen MR) is 87.0 cm³/mol. The predicted octanol–water partition coefficient (Wildman–Crippen LogP) is 2.18. The van der Waals surface area contributed by atoms with Gasteiger partial charge >= 0.3 is 0 Å². The highest BCUT2D eigenvalue weighted by Crippen LogP contribution is 2.13. The topological polar surface area (TPSA) is 55.1 Å². The molecule has 3 nitrogen and oxygen atoms in total. The van der Waals surface area contributed by atoms with Gasteiger partial charge in [-0.25, -0.2) is 0 Å². The summed E-state index contributed by atoms with van der Waals surface area (Å²) >= 11 is 1.79. The number of benzene rings is 1. The normalized spacial score (nSPS) is 11.4. The number of hydrogen-bond donors (Lipinski definition) is 2. The quantitative estimate of drug-likeness (QED) is 0.817. The van der Waals surface area contributed by atoms with E-state index in [4.69, 9.17) is 5.73 Å². The van der Waals surface area contributed by atoms with Gasteiger partial charge in [0.25, 0.3) is 5.91 Å². The van der Waals surface area contributed by atoms with Crippen molar-refractivity contribution in [2.45, 2.75) is 26.3 Å². The van der Waals surface area contributed by atoms with E-state index in [1.54, 1.807) is 11.8 Å². The molecule has 0 bridgehead atoms. The SMILES string of the molecule is CSCCC(C)NC(=O)c1cccc(C#CCN)c1C. The molecule has 0 aromatic heterocycles. The molecule has 0 aliphatic heterocycles. The molecule has 0 fully saturated rings. The van der Waals surface area contributed by atoms with Gasteiger partial charge in [-0.05, 0) is 50.0 Å². The molecule has 1 amide bonds. The van der Waals surface area contributed by atoms with Crippen LogP contribution < -0.4 is 11.1 Å². The van der Waals surface area contributed by atoms with Crippen molar-refractivity contribution in [2.24, 2.45) is 5.73 Å². The summed E-state index contributed by atoms with van der Waals surface area (Å²) < 4.78 is 0. The van der Waals surface area contributed by atoms with Gasteiger partial charge < -0.3 is 11.1 Å². The molecule has 0 aliphatic carbocycles. The average Bonchev–Trinajstić information content (AvgIpc) is 2.43. The minimum atomic E-state index is -0.0347. The first-order valence-corrected chi connectivity index (χ1v) is 8.07. The van der Waals surface area contributed by atoms with Crippen LogP contribution in [0, 0.1) is 18.8 Å². The Bertz CT molecular complexity index is 517. The van der Waals surface area contributed by atoms with Gasteiger partial charge in [-0.1, -0.05) is 17.9 Å². The Labute approximate surface area is 125 Å². The average molecular weight is 290 g/mol. The third-order valence-corrected chi connectivity index (χ3v) is 3.68. The highest BCUT2D eigenvalue weighted by Gasteiger charge is 2.13. The van der Waals surface area contributed by atoms with E-state index < -0.39 is 0 Å². The molecule has 1 aromatic rings. The Balaban J connectivity index is 2.83. The number of nitrogens with one attached hydrogen (secondary N) is 1. The molecule has 0 spiro atoms. The molecule has 3 N–H and O–H groups in total. The molecular weight excluding hydrogens is 268 g/mol. The van der Waals surface area contributed by atoms with Crippen LogP contribution in [0.1, 0.15) is 34.8 Å². The molecule has 1 rings (SSSR count). The molecule has 0 saturated heterocycles. The first-order valence-electron chi connectivity index (χ1n) is 6.68. The van der Waals surface area contributed by atoms with E-state index in [9.17, 15) is 4.79 Å². The maximum Gasteiger partial charge on any atom is 0.251 e. The molecular formula is C16H22N2OS. The second kappa shape index (κ2) is 8.68. The number of rotatable bonds is 5. The number of hydrogen-bond acceptors (Lipinski definition) is 3. The van der Waals surface area contributed by atoms with Crippen molar-refractivity contribution in [3.8, 4) is 11.8 Å². The summed E-state index contributed by atoms with van der Waals surface area (Å²) in [4.78, 5) is 12.3. The van der Waals surface area contributed by atoms with Gasteiger partial charge in [0.1, 0.15) is 0 Å². The zero-order valence-electron chi connectivity index (χ0n) is 12.3. The summed E-state index contributed by atoms with van der Waals surface area (Å²) in [6.07, 6.45) is 3.04. The van der Waals surface area contributed by atoms with Crippen LogP contribution in [-0.2, 0) is 0 Å². The van der Waals surface area contributed by atoms with Gasteiger partial charge in [0, 0.05) is 17.2 Å². The molecule has 1 aromatic carbocycles. The van der Waals surface area contributed by atoms with Crippen LogP contribution >= 0.6 is 11.8 Å². The van der Waals surface area contributed by atoms with Crippen molar-refractivity contribution in [1.29, 1.82) is 0 Å². The molecule has 0 aliphatic rings. The Kier molecular flexibility index (Phi) is 7.21. The molecule has 0 radical (unpaired) electrons. The van der Waals surface area contributed by atoms with Crippen molar-refractivity contribution in [3.05, 3.63) is 34.9 Å². The Morgan fingerprint density at radius 3 is 2.90 bits per heavy atom. The molecule has 0 saturated carbocycles. The zero-order chi connectivity index (χ0) is 15.0. The zero-order valence-corrected chi connectivity index (χ0v) is 13.1. The Hall–Kier alpha value is -1.44. The van der Waals surface area contributed by atoms with Crippen LogP contribution in [0.3, 0.4) is 0 Å². The number of thioether (sulfide) groups is 1. The highest BCUT2D eigenvalue weighted by molar-refractivity contribution is 7.98. The summed E-state index contributed by atoms with van der Waals surface area (Å²) in [5.41, 5.74) is 7.83. The van der Waals surface area contributed by atoms with Gasteiger partial charge in [-0.3, -0.25) is 4.79 Å². The van der Waals surface area contributed by atoms with E-state index in [0.717, 1.165) is 23.3 Å². The van der Waals surface area contributed by atoms with Crippen molar-refractivity contribution >= 4 is 17.7 Å². The number of carbonyl (C=O) groups is 1. The number of nitrogens with two attached hydrogens (primary N) is 1. The highest BCUT2D eigenvalue weighted by atomic mass is 32.2. The summed E-state index contributed by atoms with van der Waals surface area (Å²) in [7, 11) is 0. The van der Waals surface area contributed by atoms with Crippen LogP contribution in [0.25, 0.3) is 0 Å². The second-order valence-corrected chi connectivity index (χ2v) is 5.63. The fourth-order valence-corrected chi connectivity index (χ4v) is 2.42. The van der Waals surface area contributed by atoms with Gasteiger partial charge in [-0.2, -0.15) is 11.8 Å². The van der Waals surface area contributed by atoms with Crippen LogP contribution in [-0.4, -0.2) is 30.5 Å². The van der Waals surface area contributed by atoms with E-state index in [2.05, 4.69) is 23.4 Å². The maximum atomic E-state index is 12.3. The molecule has 0 heterocycles. The van der Waals surface area contributed by atoms with Crippen LogP contribution in [0.2, 0.25) is 0 Å². The summed E-state index contributed by atoms with van der Waals surface area (Å²) in [5, 5.41) is 3.03. The lowest BCUT2D eigenvalue weighted by Gasteiger charge is -2.14. The monoisotopic (exact) mass is 290 g/mol. The van der Waals surface area contributed by atoms with Crippen molar-refractivity contribution in [3.63, 3.8) is 0 Å². The second-order valence-electron chi connectivity index (χ2n) is 4.64. The van der Waals surface area contributed by atoms with Gasteiger partial charge in [0.2, 0.25) is 0 Å². The molecule has 1 atom stereocenters. The third kappa shape index (κ3) is 4.92. The lowest BCUT2D eigenvalue weighted by Crippen LogP contribution is -2.33. The number of amides is 1. The van der Waals surface area contributed by atoms with Crippen molar-refractivity contribution in [1.82, 2.24) is 5.32 Å². The van der Waals surface area contributed by atoms with Gasteiger partial charge in [0.15, 0.2) is 0 Å². The summed E-state index contributed by atoms with van der Waals surface area (Å²) in [6.45, 7) is 4.27. The van der Waals surface area contributed by atoms with Crippen molar-refractivity contribution in [2.75, 3.05) is 18.6 Å². The fourth-order valence-electron chi connectivity index (χ4n) is 1.83. The van der Waals surface area contributed by atoms with E-state index in [1.807, 2.05) is 32.0 Å². The Morgan fingerprint density at radius 2 is 2.25 bits per heavy atom. The summed E-state index contributed by atoms with van der Waals surface area (Å²) in [6, 6.07) is 5.77. The van der Waals surface area contributed by atoms with Crippen LogP contribution in [0.5, 0.6) is 0 Å². The third-order valence-electron chi connectivity index (χ3n) is 3.04. The minimum Gasteiger partial charge on any atom is -0.350 e. The number of carbonyl (C=O) groups excluding carboxylic acids is 1. The van der Waals surface area contributed by atoms with E-state index in [1.165, 1.54) is 0 Å². The van der Waals surface area contributed by atoms with Gasteiger partial charge in [0.05, 0.1) is 6.54 Å². The van der Waals surface area contributed by atoms with E-state index in [-0.39, 0.29) is 11.9 Å². The first kappa shape index (κ1) is 16.6. The lowest BCUT2D eigenvalue weighted by atomic mass is 10.0. The van der Waals surface area contributed by atoms with Crippen LogP contribution in [0.4, 0.5) is 0 Å².